The molecule has 3 rings (SSSR count). The SMILES string of the molecule is Nc1cc(Nc2c(OCCO)nn3ccccc23)c([N+](=O)[O-])cc1[N+](=O)[O-]. The van der Waals surface area contributed by atoms with Gasteiger partial charge in [0.05, 0.1) is 28.0 Å². The Kier molecular flexibility index (Phi) is 4.72. The predicted octanol–water partition coefficient (Wildman–Crippen LogP) is 1.85. The number of hydrogen-bond donors (Lipinski definition) is 3. The molecule has 0 aliphatic heterocycles. The molecular weight excluding hydrogens is 360 g/mol. The fourth-order valence-corrected chi connectivity index (χ4v) is 2.48. The van der Waals surface area contributed by atoms with Gasteiger partial charge in [0.1, 0.15) is 23.7 Å². The minimum Gasteiger partial charge on any atom is -0.473 e. The number of aliphatic hydroxyl groups is 1. The van der Waals surface area contributed by atoms with Crippen LogP contribution in [0.5, 0.6) is 5.88 Å². The number of nitrogen functional groups attached to an aromatic ring is 1. The summed E-state index contributed by atoms with van der Waals surface area (Å²) in [7, 11) is 0. The summed E-state index contributed by atoms with van der Waals surface area (Å²) in [6, 6.07) is 7.06. The highest BCUT2D eigenvalue weighted by Gasteiger charge is 2.25. The number of hydrogen-bond acceptors (Lipinski definition) is 9. The Morgan fingerprint density at radius 2 is 1.96 bits per heavy atom. The Labute approximate surface area is 151 Å². The number of nitrogens with zero attached hydrogens (tertiary/aromatic N) is 4. The van der Waals surface area contributed by atoms with Crippen molar-refractivity contribution in [3.05, 3.63) is 56.8 Å². The van der Waals surface area contributed by atoms with E-state index in [0.717, 1.165) is 12.1 Å². The quantitative estimate of drug-likeness (QED) is 0.317. The van der Waals surface area contributed by atoms with Gasteiger partial charge in [-0.25, -0.2) is 4.52 Å². The van der Waals surface area contributed by atoms with Crippen LogP contribution in [-0.4, -0.2) is 37.8 Å². The molecule has 0 atom stereocenters. The molecule has 0 aliphatic rings. The second-order valence-electron chi connectivity index (χ2n) is 5.35. The van der Waals surface area contributed by atoms with Gasteiger partial charge in [-0.1, -0.05) is 6.07 Å². The maximum absolute atomic E-state index is 11.4. The molecule has 1 aromatic carbocycles. The molecule has 140 valence electrons. The van der Waals surface area contributed by atoms with E-state index in [0.29, 0.717) is 11.2 Å². The first-order valence-corrected chi connectivity index (χ1v) is 7.62. The molecule has 12 heteroatoms. The lowest BCUT2D eigenvalue weighted by atomic mass is 10.2. The van der Waals surface area contributed by atoms with Crippen LogP contribution in [0.2, 0.25) is 0 Å². The fourth-order valence-electron chi connectivity index (χ4n) is 2.48. The number of fused-ring (bicyclic) bond motifs is 1. The van der Waals surface area contributed by atoms with E-state index >= 15 is 0 Å². The summed E-state index contributed by atoms with van der Waals surface area (Å²) in [5, 5.41) is 38.4. The second-order valence-corrected chi connectivity index (χ2v) is 5.35. The Morgan fingerprint density at radius 3 is 2.63 bits per heavy atom. The molecule has 0 bridgehead atoms. The zero-order chi connectivity index (χ0) is 19.6. The first kappa shape index (κ1) is 17.9. The number of nitrogens with two attached hydrogens (primary N) is 1. The molecule has 0 aliphatic carbocycles. The molecule has 0 radical (unpaired) electrons. The normalized spacial score (nSPS) is 10.7. The molecule has 3 aromatic rings. The van der Waals surface area contributed by atoms with E-state index in [2.05, 4.69) is 10.4 Å². The maximum atomic E-state index is 11.4. The summed E-state index contributed by atoms with van der Waals surface area (Å²) in [5.41, 5.74) is 5.10. The van der Waals surface area contributed by atoms with E-state index in [1.807, 2.05) is 0 Å². The molecule has 0 spiro atoms. The van der Waals surface area contributed by atoms with Gasteiger partial charge < -0.3 is 20.9 Å². The lowest BCUT2D eigenvalue weighted by Gasteiger charge is -2.09. The number of anilines is 3. The first-order valence-electron chi connectivity index (χ1n) is 7.62. The van der Waals surface area contributed by atoms with Crippen LogP contribution in [0.15, 0.2) is 36.5 Å². The van der Waals surface area contributed by atoms with Crippen molar-refractivity contribution < 1.29 is 19.7 Å². The second kappa shape index (κ2) is 7.13. The van der Waals surface area contributed by atoms with Gasteiger partial charge >= 0.3 is 0 Å². The van der Waals surface area contributed by atoms with Crippen molar-refractivity contribution in [3.63, 3.8) is 0 Å². The van der Waals surface area contributed by atoms with Crippen molar-refractivity contribution in [1.82, 2.24) is 9.61 Å². The smallest absolute Gasteiger partial charge is 0.299 e. The summed E-state index contributed by atoms with van der Waals surface area (Å²) in [4.78, 5) is 20.8. The minimum atomic E-state index is -0.794. The average molecular weight is 374 g/mol. The molecule has 0 fully saturated rings. The number of nitrogens with one attached hydrogen (secondary N) is 1. The van der Waals surface area contributed by atoms with Gasteiger partial charge in [-0.15, -0.1) is 5.10 Å². The molecule has 27 heavy (non-hydrogen) atoms. The van der Waals surface area contributed by atoms with Gasteiger partial charge in [0.15, 0.2) is 0 Å². The lowest BCUT2D eigenvalue weighted by molar-refractivity contribution is -0.393. The average Bonchev–Trinajstić information content (AvgIpc) is 2.97. The van der Waals surface area contributed by atoms with Crippen molar-refractivity contribution in [2.75, 3.05) is 24.3 Å². The first-order chi connectivity index (χ1) is 12.9. The van der Waals surface area contributed by atoms with Crippen LogP contribution >= 0.6 is 0 Å². The molecule has 0 saturated carbocycles. The van der Waals surface area contributed by atoms with E-state index in [-0.39, 0.29) is 30.5 Å². The summed E-state index contributed by atoms with van der Waals surface area (Å²) in [6.45, 7) is -0.291. The number of benzene rings is 1. The highest BCUT2D eigenvalue weighted by Crippen LogP contribution is 2.39. The van der Waals surface area contributed by atoms with Crippen molar-refractivity contribution in [3.8, 4) is 5.88 Å². The van der Waals surface area contributed by atoms with E-state index in [1.54, 1.807) is 24.4 Å². The Balaban J connectivity index is 2.13. The van der Waals surface area contributed by atoms with Crippen LogP contribution in [0.3, 0.4) is 0 Å². The fraction of sp³-hybridized carbons (Fsp3) is 0.133. The molecular formula is C15H14N6O6. The summed E-state index contributed by atoms with van der Waals surface area (Å²) >= 11 is 0. The number of aliphatic hydroxyl groups excluding tert-OH is 1. The molecule has 12 nitrogen and oxygen atoms in total. The monoisotopic (exact) mass is 374 g/mol. The minimum absolute atomic E-state index is 0.0386. The highest BCUT2D eigenvalue weighted by atomic mass is 16.6. The third-order valence-corrected chi connectivity index (χ3v) is 3.64. The number of nitro benzene ring substituents is 2. The number of pyridine rings is 1. The molecule has 0 unspecified atom stereocenters. The van der Waals surface area contributed by atoms with Gasteiger partial charge in [0, 0.05) is 6.20 Å². The van der Waals surface area contributed by atoms with Crippen molar-refractivity contribution in [1.29, 1.82) is 0 Å². The van der Waals surface area contributed by atoms with Gasteiger partial charge in [0.25, 0.3) is 17.3 Å². The van der Waals surface area contributed by atoms with Crippen LogP contribution in [0.1, 0.15) is 0 Å². The summed E-state index contributed by atoms with van der Waals surface area (Å²) < 4.78 is 6.86. The third-order valence-electron chi connectivity index (χ3n) is 3.64. The van der Waals surface area contributed by atoms with Crippen molar-refractivity contribution in [2.24, 2.45) is 0 Å². The Hall–Kier alpha value is -3.93. The summed E-state index contributed by atoms with van der Waals surface area (Å²) in [6.07, 6.45) is 1.64. The van der Waals surface area contributed by atoms with E-state index in [4.69, 9.17) is 15.6 Å². The van der Waals surface area contributed by atoms with E-state index in [9.17, 15) is 20.2 Å². The molecule has 0 saturated heterocycles. The molecule has 2 heterocycles. The van der Waals surface area contributed by atoms with Crippen LogP contribution in [0.4, 0.5) is 28.4 Å². The van der Waals surface area contributed by atoms with Crippen LogP contribution in [0, 0.1) is 20.2 Å². The molecule has 2 aromatic heterocycles. The van der Waals surface area contributed by atoms with Gasteiger partial charge in [-0.05, 0) is 18.2 Å². The van der Waals surface area contributed by atoms with Gasteiger partial charge in [0.2, 0.25) is 0 Å². The summed E-state index contributed by atoms with van der Waals surface area (Å²) in [5.74, 6) is 0.0986. The number of rotatable bonds is 7. The van der Waals surface area contributed by atoms with E-state index < -0.39 is 21.2 Å². The van der Waals surface area contributed by atoms with Crippen LogP contribution in [0.25, 0.3) is 5.52 Å². The van der Waals surface area contributed by atoms with Gasteiger partial charge in [-0.3, -0.25) is 20.2 Å². The highest BCUT2D eigenvalue weighted by molar-refractivity contribution is 5.86. The van der Waals surface area contributed by atoms with Crippen LogP contribution < -0.4 is 15.8 Å². The van der Waals surface area contributed by atoms with Crippen molar-refractivity contribution >= 4 is 34.0 Å². The Morgan fingerprint density at radius 1 is 1.22 bits per heavy atom. The van der Waals surface area contributed by atoms with Crippen LogP contribution in [-0.2, 0) is 0 Å². The van der Waals surface area contributed by atoms with Gasteiger partial charge in [-0.2, -0.15) is 0 Å². The zero-order valence-corrected chi connectivity index (χ0v) is 13.7. The molecule has 4 N–H and O–H groups in total. The largest absolute Gasteiger partial charge is 0.473 e. The van der Waals surface area contributed by atoms with Crippen molar-refractivity contribution in [2.45, 2.75) is 0 Å². The lowest BCUT2D eigenvalue weighted by Crippen LogP contribution is -2.05. The topological polar surface area (TPSA) is 171 Å². The predicted molar refractivity (Wildman–Crippen MR) is 95.2 cm³/mol. The molecule has 0 amide bonds. The number of aromatic nitrogens is 2. The maximum Gasteiger partial charge on any atom is 0.299 e. The zero-order valence-electron chi connectivity index (χ0n) is 13.7. The van der Waals surface area contributed by atoms with E-state index in [1.165, 1.54) is 4.52 Å². The number of nitro groups is 2. The third kappa shape index (κ3) is 3.41. The number of ether oxygens (including phenoxy) is 1. The standard InChI is InChI=1S/C15H14N6O6/c16-9-7-10(13(21(25)26)8-12(9)20(23)24)17-14-11-3-1-2-4-19(11)18-15(14)27-6-5-22/h1-4,7-8,17,22H,5-6,16H2. The Bertz CT molecular complexity index is 1030.